The molecule has 0 saturated carbocycles. The summed E-state index contributed by atoms with van der Waals surface area (Å²) in [5, 5.41) is 12.9. The molecule has 1 aliphatic rings. The predicted molar refractivity (Wildman–Crippen MR) is 55.1 cm³/mol. The number of rotatable bonds is 2. The smallest absolute Gasteiger partial charge is 0.351 e. The van der Waals surface area contributed by atoms with Gasteiger partial charge in [0.1, 0.15) is 5.75 Å². The molecule has 0 radical (unpaired) electrons. The number of phenolic OH excluding ortho intramolecular Hbond substituents is 1. The molecule has 1 unspecified atom stereocenters. The summed E-state index contributed by atoms with van der Waals surface area (Å²) >= 11 is 0. The Morgan fingerprint density at radius 3 is 2.69 bits per heavy atom. The van der Waals surface area contributed by atoms with Crippen LogP contribution in [0.2, 0.25) is 0 Å². The van der Waals surface area contributed by atoms with Crippen LogP contribution in [-0.2, 0) is 9.63 Å². The number of aromatic hydroxyl groups is 1. The number of carbonyl (C=O) groups excluding carboxylic acids is 2. The van der Waals surface area contributed by atoms with Gasteiger partial charge in [-0.05, 0) is 19.1 Å². The van der Waals surface area contributed by atoms with Crippen LogP contribution in [0.4, 0.5) is 0 Å². The Hall–Kier alpha value is -2.17. The summed E-state index contributed by atoms with van der Waals surface area (Å²) in [6.45, 7) is 1.54. The fraction of sp³-hybridized carbons (Fsp3) is 0.182. The zero-order valence-electron chi connectivity index (χ0n) is 8.51. The fourth-order valence-electron chi connectivity index (χ4n) is 1.53. The quantitative estimate of drug-likeness (QED) is 0.459. The first-order valence-electron chi connectivity index (χ1n) is 4.69. The summed E-state index contributed by atoms with van der Waals surface area (Å²) in [5.74, 6) is -2.39. The first-order valence-corrected chi connectivity index (χ1v) is 4.69. The number of carbonyl (C=O) groups is 2. The van der Waals surface area contributed by atoms with Crippen LogP contribution >= 0.6 is 0 Å². The van der Waals surface area contributed by atoms with Crippen molar-refractivity contribution in [2.45, 2.75) is 6.92 Å². The van der Waals surface area contributed by atoms with Gasteiger partial charge in [-0.2, -0.15) is 0 Å². The van der Waals surface area contributed by atoms with Gasteiger partial charge in [0.25, 0.3) is 0 Å². The van der Waals surface area contributed by atoms with Crippen LogP contribution in [0.3, 0.4) is 0 Å². The summed E-state index contributed by atoms with van der Waals surface area (Å²) in [4.78, 5) is 27.6. The molecule has 5 nitrogen and oxygen atoms in total. The van der Waals surface area contributed by atoms with E-state index < -0.39 is 17.7 Å². The second-order valence-corrected chi connectivity index (χ2v) is 3.46. The summed E-state index contributed by atoms with van der Waals surface area (Å²) in [5.41, 5.74) is 0.402. The number of ketones is 1. The van der Waals surface area contributed by atoms with Gasteiger partial charge in [0.05, 0.1) is 11.3 Å². The molecule has 1 aliphatic heterocycles. The second kappa shape index (κ2) is 3.77. The highest BCUT2D eigenvalue weighted by molar-refractivity contribution is 6.25. The molecule has 1 heterocycles. The van der Waals surface area contributed by atoms with E-state index >= 15 is 0 Å². The van der Waals surface area contributed by atoms with Crippen molar-refractivity contribution in [3.63, 3.8) is 0 Å². The molecule has 1 aromatic rings. The standard InChI is InChI=1S/C11H9NO4/c1-6-9(11(15)16-12-6)10(14)7-4-2-3-5-8(7)13/h2-5,9,13H,1H3. The Balaban J connectivity index is 2.37. The van der Waals surface area contributed by atoms with Crippen LogP contribution in [0, 0.1) is 5.92 Å². The lowest BCUT2D eigenvalue weighted by Crippen LogP contribution is -2.26. The second-order valence-electron chi connectivity index (χ2n) is 3.46. The van der Waals surface area contributed by atoms with Crippen LogP contribution in [0.5, 0.6) is 5.75 Å². The van der Waals surface area contributed by atoms with Crippen LogP contribution < -0.4 is 0 Å². The van der Waals surface area contributed by atoms with Gasteiger partial charge in [-0.1, -0.05) is 17.3 Å². The van der Waals surface area contributed by atoms with Crippen molar-refractivity contribution in [1.82, 2.24) is 0 Å². The monoisotopic (exact) mass is 219 g/mol. The van der Waals surface area contributed by atoms with E-state index in [1.54, 1.807) is 12.1 Å². The lowest BCUT2D eigenvalue weighted by atomic mass is 9.94. The molecular weight excluding hydrogens is 210 g/mol. The van der Waals surface area contributed by atoms with E-state index in [0.29, 0.717) is 5.71 Å². The first kappa shape index (κ1) is 10.4. The van der Waals surface area contributed by atoms with E-state index in [4.69, 9.17) is 0 Å². The number of phenols is 1. The van der Waals surface area contributed by atoms with Gasteiger partial charge in [-0.15, -0.1) is 0 Å². The van der Waals surface area contributed by atoms with E-state index in [1.807, 2.05) is 0 Å². The summed E-state index contributed by atoms with van der Waals surface area (Å²) in [7, 11) is 0. The van der Waals surface area contributed by atoms with Crippen LogP contribution in [0.25, 0.3) is 0 Å². The molecule has 0 aliphatic carbocycles. The third kappa shape index (κ3) is 1.56. The lowest BCUT2D eigenvalue weighted by molar-refractivity contribution is -0.142. The van der Waals surface area contributed by atoms with Gasteiger partial charge < -0.3 is 9.94 Å². The molecule has 1 N–H and O–H groups in total. The maximum absolute atomic E-state index is 11.9. The van der Waals surface area contributed by atoms with Gasteiger partial charge in [0.2, 0.25) is 0 Å². The van der Waals surface area contributed by atoms with Crippen molar-refractivity contribution in [3.05, 3.63) is 29.8 Å². The van der Waals surface area contributed by atoms with Gasteiger partial charge in [-0.3, -0.25) is 4.79 Å². The van der Waals surface area contributed by atoms with E-state index in [9.17, 15) is 14.7 Å². The highest BCUT2D eigenvalue weighted by Gasteiger charge is 2.37. The predicted octanol–water partition coefficient (Wildman–Crippen LogP) is 1.12. The van der Waals surface area contributed by atoms with Gasteiger partial charge in [0, 0.05) is 0 Å². The Morgan fingerprint density at radius 2 is 2.12 bits per heavy atom. The van der Waals surface area contributed by atoms with Gasteiger partial charge in [-0.25, -0.2) is 4.79 Å². The SMILES string of the molecule is CC1=NOC(=O)C1C(=O)c1ccccc1O. The first-order chi connectivity index (χ1) is 7.61. The molecule has 82 valence electrons. The largest absolute Gasteiger partial charge is 0.507 e. The van der Waals surface area contributed by atoms with Crippen LogP contribution in [0.15, 0.2) is 29.4 Å². The normalized spacial score (nSPS) is 19.2. The van der Waals surface area contributed by atoms with Crippen molar-refractivity contribution in [2.75, 3.05) is 0 Å². The number of hydrogen-bond acceptors (Lipinski definition) is 5. The molecule has 1 aromatic carbocycles. The topological polar surface area (TPSA) is 76.0 Å². The van der Waals surface area contributed by atoms with Crippen LogP contribution in [0.1, 0.15) is 17.3 Å². The fourth-order valence-corrected chi connectivity index (χ4v) is 1.53. The molecular formula is C11H9NO4. The molecule has 0 saturated heterocycles. The molecule has 0 fully saturated rings. The van der Waals surface area contributed by atoms with Crippen molar-refractivity contribution < 1.29 is 19.5 Å². The highest BCUT2D eigenvalue weighted by Crippen LogP contribution is 2.23. The molecule has 0 aromatic heterocycles. The Kier molecular flexibility index (Phi) is 2.44. The van der Waals surface area contributed by atoms with Crippen molar-refractivity contribution >= 4 is 17.5 Å². The number of para-hydroxylation sites is 1. The van der Waals surface area contributed by atoms with Gasteiger partial charge >= 0.3 is 5.97 Å². The van der Waals surface area contributed by atoms with Crippen molar-refractivity contribution in [3.8, 4) is 5.75 Å². The molecule has 2 rings (SSSR count). The minimum atomic E-state index is -1.03. The summed E-state index contributed by atoms with van der Waals surface area (Å²) < 4.78 is 0. The molecule has 1 atom stereocenters. The lowest BCUT2D eigenvalue weighted by Gasteiger charge is -2.06. The van der Waals surface area contributed by atoms with Gasteiger partial charge in [0.15, 0.2) is 11.7 Å². The van der Waals surface area contributed by atoms with Crippen LogP contribution in [-0.4, -0.2) is 22.6 Å². The van der Waals surface area contributed by atoms with E-state index in [0.717, 1.165) is 0 Å². The van der Waals surface area contributed by atoms with Crippen molar-refractivity contribution in [2.24, 2.45) is 11.1 Å². The zero-order chi connectivity index (χ0) is 11.7. The Labute approximate surface area is 91.3 Å². The Morgan fingerprint density at radius 1 is 1.44 bits per heavy atom. The average Bonchev–Trinajstić information content (AvgIpc) is 2.58. The van der Waals surface area contributed by atoms with E-state index in [2.05, 4.69) is 9.99 Å². The van der Waals surface area contributed by atoms with E-state index in [-0.39, 0.29) is 11.3 Å². The number of nitrogens with zero attached hydrogens (tertiary/aromatic N) is 1. The van der Waals surface area contributed by atoms with Crippen molar-refractivity contribution in [1.29, 1.82) is 0 Å². The maximum atomic E-state index is 11.9. The minimum Gasteiger partial charge on any atom is -0.507 e. The number of hydrogen-bond donors (Lipinski definition) is 1. The Bertz CT molecular complexity index is 493. The maximum Gasteiger partial charge on any atom is 0.351 e. The molecule has 16 heavy (non-hydrogen) atoms. The highest BCUT2D eigenvalue weighted by atomic mass is 16.7. The molecule has 5 heteroatoms. The molecule has 0 spiro atoms. The summed E-state index contributed by atoms with van der Waals surface area (Å²) in [6, 6.07) is 6.05. The number of Topliss-reactive ketones (excluding diaryl/α,β-unsaturated/α-hetero) is 1. The number of oxime groups is 1. The number of benzene rings is 1. The minimum absolute atomic E-state index is 0.0981. The summed E-state index contributed by atoms with van der Waals surface area (Å²) in [6.07, 6.45) is 0. The molecule has 0 bridgehead atoms. The zero-order valence-corrected chi connectivity index (χ0v) is 8.51. The molecule has 0 amide bonds. The third-order valence-corrected chi connectivity index (χ3v) is 2.36. The average molecular weight is 219 g/mol. The third-order valence-electron chi connectivity index (χ3n) is 2.36. The van der Waals surface area contributed by atoms with E-state index in [1.165, 1.54) is 19.1 Å².